The Hall–Kier alpha value is -7.24. The maximum Gasteiger partial charge on any atom is 0.252 e. The van der Waals surface area contributed by atoms with E-state index < -0.39 is 0 Å². The van der Waals surface area contributed by atoms with Crippen molar-refractivity contribution in [1.82, 2.24) is 4.57 Å². The molecule has 73 heavy (non-hydrogen) atoms. The lowest BCUT2D eigenvalue weighted by atomic mass is 9.33. The number of furan rings is 1. The van der Waals surface area contributed by atoms with Crippen molar-refractivity contribution < 1.29 is 4.42 Å². The van der Waals surface area contributed by atoms with Gasteiger partial charge in [0.15, 0.2) is 0 Å². The minimum absolute atomic E-state index is 0.0161. The van der Waals surface area contributed by atoms with Gasteiger partial charge in [-0.25, -0.2) is 0 Å². The molecule has 8 aromatic carbocycles. The smallest absolute Gasteiger partial charge is 0.252 e. The molecule has 0 N–H and O–H groups in total. The molecular formula is C68H66BN3O. The Labute approximate surface area is 432 Å². The van der Waals surface area contributed by atoms with Crippen LogP contribution in [0.25, 0.3) is 49.7 Å². The molecule has 0 bridgehead atoms. The zero-order chi connectivity index (χ0) is 51.0. The first-order chi connectivity index (χ1) is 34.6. The SMILES string of the molecule is Cc1cc2c3c(c1)-n1c4c(c5cc(C(C)(C)C)cc(c51)B3c1ccc(N(c3ccc(C(C)(C)C)cc3C)c3ccc(C(C)(C)C)cc3C)cc1N2c1cccc2oc3ccccc3c12)-c1ccccc1C4(C)C. The van der Waals surface area contributed by atoms with Crippen molar-refractivity contribution in [1.29, 1.82) is 0 Å². The highest BCUT2D eigenvalue weighted by Crippen LogP contribution is 2.56. The Morgan fingerprint density at radius 1 is 0.521 bits per heavy atom. The molecule has 4 heterocycles. The van der Waals surface area contributed by atoms with Crippen molar-refractivity contribution in [2.75, 3.05) is 9.80 Å². The van der Waals surface area contributed by atoms with E-state index in [0.29, 0.717) is 0 Å². The summed E-state index contributed by atoms with van der Waals surface area (Å²) in [7, 11) is 0. The maximum atomic E-state index is 6.72. The van der Waals surface area contributed by atoms with Gasteiger partial charge in [-0.3, -0.25) is 0 Å². The second kappa shape index (κ2) is 15.2. The van der Waals surface area contributed by atoms with Crippen molar-refractivity contribution in [2.45, 2.75) is 119 Å². The molecule has 0 saturated carbocycles. The van der Waals surface area contributed by atoms with Crippen molar-refractivity contribution in [3.8, 4) is 16.8 Å². The Morgan fingerprint density at radius 2 is 1.15 bits per heavy atom. The van der Waals surface area contributed by atoms with Gasteiger partial charge in [0.25, 0.3) is 6.71 Å². The van der Waals surface area contributed by atoms with Gasteiger partial charge >= 0.3 is 0 Å². The maximum absolute atomic E-state index is 6.72. The van der Waals surface area contributed by atoms with Gasteiger partial charge in [-0.15, -0.1) is 0 Å². The number of nitrogens with zero attached hydrogens (tertiary/aromatic N) is 3. The number of hydrogen-bond acceptors (Lipinski definition) is 3. The molecule has 0 radical (unpaired) electrons. The van der Waals surface area contributed by atoms with Crippen LogP contribution in [0.5, 0.6) is 0 Å². The predicted molar refractivity (Wildman–Crippen MR) is 312 cm³/mol. The first-order valence-corrected chi connectivity index (χ1v) is 26.5. The largest absolute Gasteiger partial charge is 0.456 e. The van der Waals surface area contributed by atoms with Gasteiger partial charge < -0.3 is 18.8 Å². The van der Waals surface area contributed by atoms with Crippen LogP contribution in [0.3, 0.4) is 0 Å². The number of rotatable bonds is 4. The first-order valence-electron chi connectivity index (χ1n) is 26.5. The third-order valence-corrected chi connectivity index (χ3v) is 16.8. The molecule has 0 fully saturated rings. The van der Waals surface area contributed by atoms with E-state index in [9.17, 15) is 0 Å². The third kappa shape index (κ3) is 6.52. The summed E-state index contributed by atoms with van der Waals surface area (Å²) in [6, 6.07) is 56.0. The van der Waals surface area contributed by atoms with Crippen LogP contribution in [0.4, 0.5) is 34.1 Å². The molecular weight excluding hydrogens is 886 g/mol. The Kier molecular flexibility index (Phi) is 9.48. The molecule has 362 valence electrons. The summed E-state index contributed by atoms with van der Waals surface area (Å²) in [5.41, 5.74) is 28.4. The highest BCUT2D eigenvalue weighted by molar-refractivity contribution is 7.00. The monoisotopic (exact) mass is 952 g/mol. The van der Waals surface area contributed by atoms with Gasteiger partial charge in [-0.05, 0) is 159 Å². The molecule has 1 aliphatic carbocycles. The Balaban J connectivity index is 1.16. The van der Waals surface area contributed by atoms with Gasteiger partial charge in [0.1, 0.15) is 11.2 Å². The average Bonchev–Trinajstić information content (AvgIpc) is 3.97. The second-order valence-corrected chi connectivity index (χ2v) is 25.3. The summed E-state index contributed by atoms with van der Waals surface area (Å²) in [6.45, 7) is 32.7. The molecule has 10 aromatic rings. The van der Waals surface area contributed by atoms with Gasteiger partial charge in [0.2, 0.25) is 0 Å². The summed E-state index contributed by atoms with van der Waals surface area (Å²) in [4.78, 5) is 5.13. The normalized spacial score (nSPS) is 14.5. The number of aryl methyl sites for hydroxylation is 3. The lowest BCUT2D eigenvalue weighted by Crippen LogP contribution is -2.61. The molecule has 2 aromatic heterocycles. The Bertz CT molecular complexity index is 3940. The van der Waals surface area contributed by atoms with Crippen LogP contribution < -0.4 is 26.2 Å². The number of anilines is 6. The van der Waals surface area contributed by atoms with Crippen LogP contribution in [-0.2, 0) is 21.7 Å². The fourth-order valence-electron chi connectivity index (χ4n) is 13.1. The lowest BCUT2D eigenvalue weighted by Gasteiger charge is -2.42. The van der Waals surface area contributed by atoms with Crippen LogP contribution in [0.15, 0.2) is 150 Å². The number of para-hydroxylation sites is 1. The molecule has 0 amide bonds. The first kappa shape index (κ1) is 45.6. The molecule has 0 spiro atoms. The van der Waals surface area contributed by atoms with Crippen molar-refractivity contribution in [2.24, 2.45) is 0 Å². The van der Waals surface area contributed by atoms with E-state index in [4.69, 9.17) is 4.42 Å². The quantitative estimate of drug-likeness (QED) is 0.164. The van der Waals surface area contributed by atoms with Crippen molar-refractivity contribution >= 4 is 90.1 Å². The highest BCUT2D eigenvalue weighted by atomic mass is 16.3. The zero-order valence-electron chi connectivity index (χ0n) is 45.2. The van der Waals surface area contributed by atoms with E-state index in [0.717, 1.165) is 33.3 Å². The second-order valence-electron chi connectivity index (χ2n) is 25.3. The summed E-state index contributed by atoms with van der Waals surface area (Å²) in [6.07, 6.45) is 0. The van der Waals surface area contributed by atoms with Gasteiger partial charge in [-0.2, -0.15) is 0 Å². The minimum Gasteiger partial charge on any atom is -0.456 e. The number of fused-ring (bicyclic) bond motifs is 12. The predicted octanol–water partition coefficient (Wildman–Crippen LogP) is 16.7. The van der Waals surface area contributed by atoms with Crippen LogP contribution >= 0.6 is 0 Å². The summed E-state index contributed by atoms with van der Waals surface area (Å²) in [5.74, 6) is 0. The number of hydrogen-bond donors (Lipinski definition) is 0. The molecule has 0 atom stereocenters. The van der Waals surface area contributed by atoms with E-state index in [2.05, 4.69) is 257 Å². The van der Waals surface area contributed by atoms with Crippen molar-refractivity contribution in [3.05, 3.63) is 190 Å². The minimum atomic E-state index is -0.230. The van der Waals surface area contributed by atoms with E-state index in [1.54, 1.807) is 0 Å². The molecule has 5 heteroatoms. The van der Waals surface area contributed by atoms with E-state index in [1.807, 2.05) is 0 Å². The van der Waals surface area contributed by atoms with E-state index >= 15 is 0 Å². The fraction of sp³-hybridized carbons (Fsp3) is 0.265. The molecule has 4 nitrogen and oxygen atoms in total. The van der Waals surface area contributed by atoms with E-state index in [1.165, 1.54) is 111 Å². The Morgan fingerprint density at radius 3 is 1.82 bits per heavy atom. The zero-order valence-corrected chi connectivity index (χ0v) is 45.2. The van der Waals surface area contributed by atoms with Crippen LogP contribution in [-0.4, -0.2) is 11.3 Å². The van der Waals surface area contributed by atoms with Crippen LogP contribution in [0.2, 0.25) is 0 Å². The van der Waals surface area contributed by atoms with Crippen LogP contribution in [0, 0.1) is 20.8 Å². The summed E-state index contributed by atoms with van der Waals surface area (Å²) >= 11 is 0. The van der Waals surface area contributed by atoms with E-state index in [-0.39, 0.29) is 28.4 Å². The summed E-state index contributed by atoms with van der Waals surface area (Å²) < 4.78 is 9.42. The standard InChI is InChI=1S/C68H66BN3O/c1-39-32-56-62-57(33-39)72-63-48(60-46-20-15-17-22-49(46)68(13,14)64(60)72)36-44(67(10,11)12)37-51(63)69(62)50-29-28-45(38-55(50)71(56)54-23-19-25-59-61(54)47-21-16-18-24-58(47)73-59)70(52-30-26-42(34-40(52)2)65(4,5)6)53-31-27-43(35-41(53)3)66(7,8)9/h15-38H,1-14H3. The molecule has 0 unspecified atom stereocenters. The average molecular weight is 952 g/mol. The number of aromatic nitrogens is 1. The molecule has 0 saturated heterocycles. The topological polar surface area (TPSA) is 24.6 Å². The van der Waals surface area contributed by atoms with Gasteiger partial charge in [0, 0.05) is 67.1 Å². The van der Waals surface area contributed by atoms with Gasteiger partial charge in [-0.1, -0.05) is 161 Å². The molecule has 13 rings (SSSR count). The third-order valence-electron chi connectivity index (χ3n) is 16.8. The fourth-order valence-corrected chi connectivity index (χ4v) is 13.1. The highest BCUT2D eigenvalue weighted by Gasteiger charge is 2.48. The van der Waals surface area contributed by atoms with Gasteiger partial charge in [0.05, 0.1) is 11.1 Å². The molecule has 3 aliphatic rings. The lowest BCUT2D eigenvalue weighted by molar-refractivity contribution is 0.590. The summed E-state index contributed by atoms with van der Waals surface area (Å²) in [5, 5.41) is 3.59. The molecule has 2 aliphatic heterocycles. The van der Waals surface area contributed by atoms with Crippen molar-refractivity contribution in [3.63, 3.8) is 0 Å². The van der Waals surface area contributed by atoms with Crippen LogP contribution in [0.1, 0.15) is 121 Å². The number of benzene rings is 8.